The Hall–Kier alpha value is -1.20. The molecule has 0 atom stereocenters. The Kier molecular flexibility index (Phi) is 5.31. The number of hydrogen-bond acceptors (Lipinski definition) is 5. The van der Waals surface area contributed by atoms with Crippen molar-refractivity contribution < 1.29 is 9.84 Å². The van der Waals surface area contributed by atoms with Crippen molar-refractivity contribution in [2.75, 3.05) is 25.1 Å². The summed E-state index contributed by atoms with van der Waals surface area (Å²) in [5.41, 5.74) is 1.50. The van der Waals surface area contributed by atoms with Crippen LogP contribution < -0.4 is 4.90 Å². The van der Waals surface area contributed by atoms with Gasteiger partial charge in [0.25, 0.3) is 0 Å². The van der Waals surface area contributed by atoms with Gasteiger partial charge in [0, 0.05) is 19.3 Å². The second kappa shape index (κ2) is 6.51. The number of likely N-dealkylation sites (N-methyl/N-ethyl adjacent to an activating group) is 1. The molecule has 0 spiro atoms. The first-order chi connectivity index (χ1) is 8.02. The molecule has 1 N–H and O–H groups in total. The van der Waals surface area contributed by atoms with Crippen LogP contribution in [0, 0.1) is 6.92 Å². The van der Waals surface area contributed by atoms with Crippen molar-refractivity contribution in [3.63, 3.8) is 0 Å². The highest BCUT2D eigenvalue weighted by Crippen LogP contribution is 2.08. The Balaban J connectivity index is 2.61. The molecule has 0 bridgehead atoms. The van der Waals surface area contributed by atoms with Crippen molar-refractivity contribution >= 4 is 5.95 Å². The van der Waals surface area contributed by atoms with Gasteiger partial charge >= 0.3 is 0 Å². The topological polar surface area (TPSA) is 58.5 Å². The van der Waals surface area contributed by atoms with E-state index in [0.717, 1.165) is 12.2 Å². The molecule has 0 fully saturated rings. The molecule has 5 nitrogen and oxygen atoms in total. The van der Waals surface area contributed by atoms with E-state index in [-0.39, 0.29) is 12.7 Å². The molecule has 1 heterocycles. The molecule has 0 aromatic carbocycles. The highest BCUT2D eigenvalue weighted by molar-refractivity contribution is 5.30. The molecule has 1 rings (SSSR count). The number of ether oxygens (including phenoxy) is 1. The predicted octanol–water partition coefficient (Wildman–Crippen LogP) is 1.14. The maximum absolute atomic E-state index is 9.08. The zero-order chi connectivity index (χ0) is 12.8. The van der Waals surface area contributed by atoms with Crippen LogP contribution in [0.2, 0.25) is 0 Å². The van der Waals surface area contributed by atoms with Crippen molar-refractivity contribution in [1.82, 2.24) is 9.97 Å². The number of aliphatic hydroxyl groups excluding tert-OH is 1. The highest BCUT2D eigenvalue weighted by Gasteiger charge is 2.07. The van der Waals surface area contributed by atoms with E-state index >= 15 is 0 Å². The average molecular weight is 239 g/mol. The molecule has 0 unspecified atom stereocenters. The minimum Gasteiger partial charge on any atom is -0.390 e. The average Bonchev–Trinajstić information content (AvgIpc) is 2.27. The van der Waals surface area contributed by atoms with E-state index in [1.807, 2.05) is 32.7 Å². The number of anilines is 1. The second-order valence-electron chi connectivity index (χ2n) is 4.30. The van der Waals surface area contributed by atoms with Gasteiger partial charge in [-0.1, -0.05) is 0 Å². The van der Waals surface area contributed by atoms with E-state index in [9.17, 15) is 0 Å². The zero-order valence-electron chi connectivity index (χ0n) is 11.0. The lowest BCUT2D eigenvalue weighted by atomic mass is 10.3. The Bertz CT molecular complexity index is 356. The molecule has 0 amide bonds. The molecule has 0 radical (unpaired) electrons. The largest absolute Gasteiger partial charge is 0.390 e. The van der Waals surface area contributed by atoms with Gasteiger partial charge in [0.05, 0.1) is 25.0 Å². The van der Waals surface area contributed by atoms with Crippen LogP contribution in [0.1, 0.15) is 25.2 Å². The lowest BCUT2D eigenvalue weighted by Gasteiger charge is -2.18. The van der Waals surface area contributed by atoms with E-state index in [0.29, 0.717) is 18.2 Å². The molecule has 5 heteroatoms. The molecule has 0 aliphatic heterocycles. The summed E-state index contributed by atoms with van der Waals surface area (Å²) in [5.74, 6) is 0.626. The van der Waals surface area contributed by atoms with Crippen molar-refractivity contribution in [3.8, 4) is 0 Å². The molecule has 17 heavy (non-hydrogen) atoms. The molecule has 96 valence electrons. The van der Waals surface area contributed by atoms with Crippen molar-refractivity contribution in [2.24, 2.45) is 0 Å². The van der Waals surface area contributed by atoms with Crippen LogP contribution in [0.3, 0.4) is 0 Å². The molecule has 0 aliphatic rings. The summed E-state index contributed by atoms with van der Waals surface area (Å²) in [5, 5.41) is 9.08. The molecular formula is C12H21N3O2. The first-order valence-corrected chi connectivity index (χ1v) is 5.81. The predicted molar refractivity (Wildman–Crippen MR) is 67.0 cm³/mol. The summed E-state index contributed by atoms with van der Waals surface area (Å²) in [6.45, 7) is 7.21. The van der Waals surface area contributed by atoms with Crippen molar-refractivity contribution in [3.05, 3.63) is 17.5 Å². The van der Waals surface area contributed by atoms with Crippen LogP contribution in [0.5, 0.6) is 0 Å². The monoisotopic (exact) mass is 239 g/mol. The van der Waals surface area contributed by atoms with Crippen molar-refractivity contribution in [1.29, 1.82) is 0 Å². The Labute approximate surface area is 102 Å². The maximum Gasteiger partial charge on any atom is 0.225 e. The Morgan fingerprint density at radius 2 is 2.12 bits per heavy atom. The van der Waals surface area contributed by atoms with E-state index in [1.54, 1.807) is 6.07 Å². The summed E-state index contributed by atoms with van der Waals surface area (Å²) >= 11 is 0. The zero-order valence-corrected chi connectivity index (χ0v) is 11.0. The van der Waals surface area contributed by atoms with Crippen LogP contribution in [0.15, 0.2) is 6.07 Å². The van der Waals surface area contributed by atoms with Crippen LogP contribution in [0.4, 0.5) is 5.95 Å². The molecule has 0 aliphatic carbocycles. The van der Waals surface area contributed by atoms with E-state index in [2.05, 4.69) is 9.97 Å². The number of aryl methyl sites for hydroxylation is 1. The van der Waals surface area contributed by atoms with Crippen LogP contribution in [-0.4, -0.2) is 41.4 Å². The minimum absolute atomic E-state index is 0.0628. The number of rotatable bonds is 6. The van der Waals surface area contributed by atoms with Gasteiger partial charge in [-0.2, -0.15) is 0 Å². The first-order valence-electron chi connectivity index (χ1n) is 5.81. The van der Waals surface area contributed by atoms with Gasteiger partial charge in [-0.05, 0) is 26.8 Å². The summed E-state index contributed by atoms with van der Waals surface area (Å²) < 4.78 is 5.47. The lowest BCUT2D eigenvalue weighted by Crippen LogP contribution is -2.26. The fraction of sp³-hybridized carbons (Fsp3) is 0.667. The second-order valence-corrected chi connectivity index (χ2v) is 4.30. The number of aliphatic hydroxyl groups is 1. The number of aromatic nitrogens is 2. The minimum atomic E-state index is -0.0628. The number of nitrogens with zero attached hydrogens (tertiary/aromatic N) is 3. The maximum atomic E-state index is 9.08. The van der Waals surface area contributed by atoms with Gasteiger partial charge in [-0.3, -0.25) is 0 Å². The third-order valence-electron chi connectivity index (χ3n) is 2.28. The molecule has 0 saturated heterocycles. The quantitative estimate of drug-likeness (QED) is 0.806. The summed E-state index contributed by atoms with van der Waals surface area (Å²) in [7, 11) is 1.92. The van der Waals surface area contributed by atoms with E-state index in [1.165, 1.54) is 0 Å². The number of hydrogen-bond donors (Lipinski definition) is 1. The summed E-state index contributed by atoms with van der Waals surface area (Å²) in [6.07, 6.45) is 0.231. The van der Waals surface area contributed by atoms with Crippen molar-refractivity contribution in [2.45, 2.75) is 33.5 Å². The molecule has 1 aromatic rings. The van der Waals surface area contributed by atoms with Crippen LogP contribution >= 0.6 is 0 Å². The third-order valence-corrected chi connectivity index (χ3v) is 2.28. The normalized spacial score (nSPS) is 10.9. The first kappa shape index (κ1) is 13.9. The van der Waals surface area contributed by atoms with Gasteiger partial charge in [-0.25, -0.2) is 9.97 Å². The fourth-order valence-electron chi connectivity index (χ4n) is 1.39. The van der Waals surface area contributed by atoms with Crippen LogP contribution in [0.25, 0.3) is 0 Å². The van der Waals surface area contributed by atoms with E-state index < -0.39 is 0 Å². The SMILES string of the molecule is Cc1cc(CO)nc(N(C)CCOC(C)C)n1. The lowest BCUT2D eigenvalue weighted by molar-refractivity contribution is 0.0844. The summed E-state index contributed by atoms with van der Waals surface area (Å²) in [6, 6.07) is 1.78. The van der Waals surface area contributed by atoms with E-state index in [4.69, 9.17) is 9.84 Å². The van der Waals surface area contributed by atoms with Crippen LogP contribution in [-0.2, 0) is 11.3 Å². The smallest absolute Gasteiger partial charge is 0.225 e. The molecule has 1 aromatic heterocycles. The Morgan fingerprint density at radius 1 is 1.41 bits per heavy atom. The molecular weight excluding hydrogens is 218 g/mol. The fourth-order valence-corrected chi connectivity index (χ4v) is 1.39. The van der Waals surface area contributed by atoms with Gasteiger partial charge in [0.2, 0.25) is 5.95 Å². The standard InChI is InChI=1S/C12H21N3O2/c1-9(2)17-6-5-15(4)12-13-10(3)7-11(8-16)14-12/h7,9,16H,5-6,8H2,1-4H3. The van der Waals surface area contributed by atoms with Gasteiger partial charge in [0.1, 0.15) is 0 Å². The third kappa shape index (κ3) is 4.66. The molecule has 0 saturated carbocycles. The highest BCUT2D eigenvalue weighted by atomic mass is 16.5. The summed E-state index contributed by atoms with van der Waals surface area (Å²) in [4.78, 5) is 10.5. The van der Waals surface area contributed by atoms with Gasteiger partial charge < -0.3 is 14.7 Å². The van der Waals surface area contributed by atoms with Gasteiger partial charge in [0.15, 0.2) is 0 Å². The van der Waals surface area contributed by atoms with Gasteiger partial charge in [-0.15, -0.1) is 0 Å². The Morgan fingerprint density at radius 3 is 2.71 bits per heavy atom.